The Hall–Kier alpha value is -3.66. The molecule has 3 saturated heterocycles. The number of halogens is 7. The zero-order valence-corrected chi connectivity index (χ0v) is 25.7. The number of nitrogens with two attached hydrogens (primary N) is 1. The first-order valence-corrected chi connectivity index (χ1v) is 15.7. The van der Waals surface area contributed by atoms with E-state index in [-0.39, 0.29) is 53.7 Å². The molecule has 0 aliphatic carbocycles. The van der Waals surface area contributed by atoms with Crippen LogP contribution in [0.2, 0.25) is 0 Å². The summed E-state index contributed by atoms with van der Waals surface area (Å²) in [7, 11) is 0. The molecule has 6 heterocycles. The van der Waals surface area contributed by atoms with Gasteiger partial charge in [0.25, 0.3) is 0 Å². The second-order valence-electron chi connectivity index (χ2n) is 12.9. The Bertz CT molecular complexity index is 1720. The van der Waals surface area contributed by atoms with Crippen LogP contribution in [0.25, 0.3) is 22.2 Å². The average molecular weight is 670 g/mol. The van der Waals surface area contributed by atoms with Gasteiger partial charge in [0.05, 0.1) is 22.8 Å². The first-order valence-electron chi connectivity index (χ1n) is 15.7. The fourth-order valence-electron chi connectivity index (χ4n) is 7.94. The lowest BCUT2D eigenvalue weighted by Crippen LogP contribution is -2.56. The molecule has 3 N–H and O–H groups in total. The number of piperazine rings is 1. The Kier molecular flexibility index (Phi) is 7.81. The summed E-state index contributed by atoms with van der Waals surface area (Å²) in [6, 6.07) is -0.0952. The third kappa shape index (κ3) is 5.27. The van der Waals surface area contributed by atoms with E-state index in [1.807, 2.05) is 4.90 Å². The second-order valence-corrected chi connectivity index (χ2v) is 12.9. The maximum absolute atomic E-state index is 16.7. The number of pyridine rings is 1. The van der Waals surface area contributed by atoms with Crippen LogP contribution >= 0.6 is 0 Å². The number of fused-ring (bicyclic) bond motifs is 3. The number of anilines is 2. The molecule has 254 valence electrons. The van der Waals surface area contributed by atoms with E-state index in [1.54, 1.807) is 6.92 Å². The topological polar surface area (TPSA) is 102 Å². The fourth-order valence-corrected chi connectivity index (χ4v) is 7.94. The van der Waals surface area contributed by atoms with Gasteiger partial charge in [-0.05, 0) is 57.7 Å². The maximum Gasteiger partial charge on any atom is 0.417 e. The van der Waals surface area contributed by atoms with Gasteiger partial charge in [-0.25, -0.2) is 22.5 Å². The van der Waals surface area contributed by atoms with Crippen molar-refractivity contribution in [1.82, 2.24) is 25.2 Å². The van der Waals surface area contributed by atoms with E-state index < -0.39 is 64.0 Å². The number of rotatable bonds is 6. The molecule has 0 spiro atoms. The van der Waals surface area contributed by atoms with Gasteiger partial charge in [0.2, 0.25) is 12.3 Å². The van der Waals surface area contributed by atoms with E-state index in [0.717, 1.165) is 19.8 Å². The molecule has 1 aromatic carbocycles. The number of nitrogen functional groups attached to an aromatic ring is 1. The minimum atomic E-state index is -5.08. The SMILES string of the molecule is Cc1c(F)c(N)cc(-c2nc3c4c(nc(OC[C@]56CCCN5[C@H](CC(F)F)CC6)nc4c2F)N2CCNC[C@H]2[C@H](C)O3)c1C(F)(F)F. The highest BCUT2D eigenvalue weighted by Gasteiger charge is 2.50. The van der Waals surface area contributed by atoms with Crippen LogP contribution < -0.4 is 25.4 Å². The smallest absolute Gasteiger partial charge is 0.417 e. The van der Waals surface area contributed by atoms with Gasteiger partial charge in [0.1, 0.15) is 40.9 Å². The molecular formula is C31H34F7N7O2. The number of aromatic nitrogens is 3. The first-order chi connectivity index (χ1) is 22.3. The van der Waals surface area contributed by atoms with Crippen molar-refractivity contribution in [2.45, 2.75) is 82.3 Å². The molecule has 0 bridgehead atoms. The molecule has 3 aromatic rings. The van der Waals surface area contributed by atoms with Gasteiger partial charge < -0.3 is 25.4 Å². The normalized spacial score (nSPS) is 26.0. The van der Waals surface area contributed by atoms with E-state index in [4.69, 9.17) is 15.2 Å². The molecule has 16 heteroatoms. The summed E-state index contributed by atoms with van der Waals surface area (Å²) in [5, 5.41) is 3.35. The summed E-state index contributed by atoms with van der Waals surface area (Å²) < 4.78 is 113. The molecule has 9 nitrogen and oxygen atoms in total. The highest BCUT2D eigenvalue weighted by molar-refractivity contribution is 5.97. The third-order valence-electron chi connectivity index (χ3n) is 10.1. The van der Waals surface area contributed by atoms with Crippen molar-refractivity contribution in [2.24, 2.45) is 0 Å². The van der Waals surface area contributed by atoms with Crippen molar-refractivity contribution >= 4 is 22.4 Å². The predicted molar refractivity (Wildman–Crippen MR) is 159 cm³/mol. The highest BCUT2D eigenvalue weighted by Crippen LogP contribution is 2.47. The van der Waals surface area contributed by atoms with Crippen LogP contribution in [-0.2, 0) is 6.18 Å². The molecular weight excluding hydrogens is 635 g/mol. The van der Waals surface area contributed by atoms with Crippen molar-refractivity contribution in [3.63, 3.8) is 0 Å². The van der Waals surface area contributed by atoms with Gasteiger partial charge in [0.15, 0.2) is 5.82 Å². The lowest BCUT2D eigenvalue weighted by atomic mass is 9.95. The number of alkyl halides is 5. The summed E-state index contributed by atoms with van der Waals surface area (Å²) in [5.74, 6) is -2.41. The van der Waals surface area contributed by atoms with Gasteiger partial charge in [-0.1, -0.05) is 0 Å². The van der Waals surface area contributed by atoms with Crippen molar-refractivity contribution in [3.8, 4) is 23.1 Å². The zero-order chi connectivity index (χ0) is 33.4. The molecule has 4 aliphatic heterocycles. The van der Waals surface area contributed by atoms with Gasteiger partial charge in [-0.2, -0.15) is 23.1 Å². The van der Waals surface area contributed by atoms with Crippen molar-refractivity contribution in [3.05, 3.63) is 28.8 Å². The van der Waals surface area contributed by atoms with Crippen LogP contribution in [0.4, 0.5) is 42.2 Å². The molecule has 0 saturated carbocycles. The number of nitrogens with one attached hydrogen (secondary N) is 1. The van der Waals surface area contributed by atoms with Crippen molar-refractivity contribution in [2.75, 3.05) is 43.4 Å². The monoisotopic (exact) mass is 669 g/mol. The number of hydrogen-bond donors (Lipinski definition) is 2. The molecule has 3 fully saturated rings. The Morgan fingerprint density at radius 2 is 1.94 bits per heavy atom. The molecule has 0 unspecified atom stereocenters. The largest absolute Gasteiger partial charge is 0.472 e. The molecule has 0 radical (unpaired) electrons. The lowest BCUT2D eigenvalue weighted by molar-refractivity contribution is -0.137. The minimum Gasteiger partial charge on any atom is -0.472 e. The van der Waals surface area contributed by atoms with E-state index in [2.05, 4.69) is 25.2 Å². The van der Waals surface area contributed by atoms with E-state index in [1.165, 1.54) is 0 Å². The molecule has 0 amide bonds. The van der Waals surface area contributed by atoms with Crippen molar-refractivity contribution < 1.29 is 40.2 Å². The number of nitrogens with zero attached hydrogens (tertiary/aromatic N) is 5. The second kappa shape index (κ2) is 11.5. The first kappa shape index (κ1) is 31.9. The molecule has 47 heavy (non-hydrogen) atoms. The molecule has 7 rings (SSSR count). The van der Waals surface area contributed by atoms with Gasteiger partial charge in [-0.3, -0.25) is 4.90 Å². The lowest BCUT2D eigenvalue weighted by Gasteiger charge is -2.38. The average Bonchev–Trinajstić information content (AvgIpc) is 3.55. The fraction of sp³-hybridized carbons (Fsp3) is 0.581. The standard InChI is InChI=1S/C31H34F7N7O2/c1-14-22(31(36,37)38)17(11-18(39)23(14)34)25-24(35)26-21-27(44-9-7-40-12-19(44)15(2)47-28(21)41-25)43-29(42-26)46-13-30-5-3-8-45(30)16(4-6-30)10-20(32)33/h11,15-16,19-20,40H,3-10,12-13,39H2,1-2H3/t15-,16-,19-,30+/m0/s1. The molecule has 4 aliphatic rings. The number of ether oxygens (including phenoxy) is 2. The summed E-state index contributed by atoms with van der Waals surface area (Å²) >= 11 is 0. The van der Waals surface area contributed by atoms with E-state index >= 15 is 4.39 Å². The summed E-state index contributed by atoms with van der Waals surface area (Å²) in [5.41, 5.74) is 0.493. The molecule has 4 atom stereocenters. The zero-order valence-electron chi connectivity index (χ0n) is 25.7. The minimum absolute atomic E-state index is 0.0634. The van der Waals surface area contributed by atoms with Crippen LogP contribution in [0.15, 0.2) is 6.07 Å². The Labute approximate surface area is 265 Å². The van der Waals surface area contributed by atoms with Crippen LogP contribution in [0.5, 0.6) is 11.9 Å². The van der Waals surface area contributed by atoms with Crippen LogP contribution in [-0.4, -0.2) is 82.8 Å². The Balaban J connectivity index is 1.38. The van der Waals surface area contributed by atoms with E-state index in [9.17, 15) is 26.3 Å². The van der Waals surface area contributed by atoms with E-state index in [0.29, 0.717) is 45.1 Å². The summed E-state index contributed by atoms with van der Waals surface area (Å²) in [6.45, 7) is 4.89. The third-order valence-corrected chi connectivity index (χ3v) is 10.1. The van der Waals surface area contributed by atoms with Crippen LogP contribution in [0.1, 0.15) is 50.2 Å². The highest BCUT2D eigenvalue weighted by atomic mass is 19.4. The quantitative estimate of drug-likeness (QED) is 0.262. The Morgan fingerprint density at radius 3 is 2.68 bits per heavy atom. The van der Waals surface area contributed by atoms with Gasteiger partial charge >= 0.3 is 12.2 Å². The Morgan fingerprint density at radius 1 is 1.15 bits per heavy atom. The van der Waals surface area contributed by atoms with Crippen LogP contribution in [0.3, 0.4) is 0 Å². The summed E-state index contributed by atoms with van der Waals surface area (Å²) in [6.07, 6.45) is -5.57. The van der Waals surface area contributed by atoms with Crippen LogP contribution in [0, 0.1) is 18.6 Å². The number of benzene rings is 1. The summed E-state index contributed by atoms with van der Waals surface area (Å²) in [4.78, 5) is 17.3. The number of hydrogen-bond acceptors (Lipinski definition) is 9. The predicted octanol–water partition coefficient (Wildman–Crippen LogP) is 5.47. The van der Waals surface area contributed by atoms with Gasteiger partial charge in [-0.15, -0.1) is 0 Å². The maximum atomic E-state index is 16.7. The van der Waals surface area contributed by atoms with Gasteiger partial charge in [0, 0.05) is 37.7 Å². The van der Waals surface area contributed by atoms with Crippen molar-refractivity contribution in [1.29, 1.82) is 0 Å². The molecule has 2 aromatic heterocycles.